The van der Waals surface area contributed by atoms with Crippen molar-refractivity contribution in [2.24, 2.45) is 28.6 Å². The van der Waals surface area contributed by atoms with Gasteiger partial charge in [0.1, 0.15) is 5.82 Å². The van der Waals surface area contributed by atoms with Crippen LogP contribution in [0.25, 0.3) is 10.9 Å². The van der Waals surface area contributed by atoms with Crippen LogP contribution in [0.1, 0.15) is 66.3 Å². The van der Waals surface area contributed by atoms with Gasteiger partial charge in [0.05, 0.1) is 16.6 Å². The first kappa shape index (κ1) is 31.3. The lowest BCUT2D eigenvalue weighted by Gasteiger charge is -2.30. The van der Waals surface area contributed by atoms with Crippen molar-refractivity contribution in [2.75, 3.05) is 24.5 Å². The van der Waals surface area contributed by atoms with E-state index in [1.807, 2.05) is 31.2 Å². The minimum absolute atomic E-state index is 0.0205. The maximum absolute atomic E-state index is 13.7. The molecule has 0 aliphatic heterocycles. The molecule has 0 radical (unpaired) electrons. The zero-order valence-electron chi connectivity index (χ0n) is 25.2. The first-order valence-electron chi connectivity index (χ1n) is 15.6. The number of para-hydroxylation sites is 1. The number of rotatable bonds is 12. The minimum atomic E-state index is -4.95. The Balaban J connectivity index is 1.40. The average Bonchev–Trinajstić information content (AvgIpc) is 3.81. The van der Waals surface area contributed by atoms with Crippen LogP contribution in [0.3, 0.4) is 0 Å². The van der Waals surface area contributed by atoms with Gasteiger partial charge >= 0.3 is 12.4 Å². The van der Waals surface area contributed by atoms with E-state index in [2.05, 4.69) is 15.4 Å². The number of nitrogens with zero attached hydrogens (tertiary/aromatic N) is 4. The predicted octanol–water partition coefficient (Wildman–Crippen LogP) is 7.44. The van der Waals surface area contributed by atoms with Crippen LogP contribution in [0.4, 0.5) is 32.2 Å². The molecule has 3 aromatic rings. The Morgan fingerprint density at radius 3 is 2.02 bits per heavy atom. The van der Waals surface area contributed by atoms with Crippen LogP contribution in [0.2, 0.25) is 0 Å². The maximum Gasteiger partial charge on any atom is 0.416 e. The number of benzene rings is 2. The van der Waals surface area contributed by atoms with E-state index in [1.54, 1.807) is 0 Å². The predicted molar refractivity (Wildman–Crippen MR) is 162 cm³/mol. The van der Waals surface area contributed by atoms with Crippen molar-refractivity contribution in [3.05, 3.63) is 70.3 Å². The number of alkyl halides is 6. The molecular weight excluding hydrogens is 594 g/mol. The molecule has 45 heavy (non-hydrogen) atoms. The molecule has 0 bridgehead atoms. The fourth-order valence-electron chi connectivity index (χ4n) is 5.65. The zero-order chi connectivity index (χ0) is 31.9. The summed E-state index contributed by atoms with van der Waals surface area (Å²) in [7, 11) is 0. The molecule has 1 heterocycles. The lowest BCUT2D eigenvalue weighted by molar-refractivity contribution is -0.143. The van der Waals surface area contributed by atoms with Crippen LogP contribution in [-0.4, -0.2) is 35.5 Å². The van der Waals surface area contributed by atoms with E-state index in [1.165, 1.54) is 4.90 Å². The highest BCUT2D eigenvalue weighted by atomic mass is 19.4. The quantitative estimate of drug-likeness (QED) is 0.0941. The van der Waals surface area contributed by atoms with Crippen LogP contribution in [-0.2, 0) is 25.4 Å². The van der Waals surface area contributed by atoms with Crippen molar-refractivity contribution in [1.29, 1.82) is 0 Å². The second-order valence-corrected chi connectivity index (χ2v) is 13.0. The number of hydrogen-bond donors (Lipinski definition) is 2. The molecule has 6 rings (SSSR count). The molecule has 0 saturated heterocycles. The molecule has 0 amide bonds. The number of anilines is 1. The first-order valence-corrected chi connectivity index (χ1v) is 15.6. The number of hydrogen-bond acceptors (Lipinski definition) is 4. The molecule has 1 aromatic heterocycles. The Labute approximate surface area is 258 Å². The molecule has 3 aliphatic carbocycles. The van der Waals surface area contributed by atoms with E-state index in [0.29, 0.717) is 24.3 Å². The summed E-state index contributed by atoms with van der Waals surface area (Å²) in [5.74, 6) is 2.38. The van der Waals surface area contributed by atoms with Crippen molar-refractivity contribution in [3.8, 4) is 0 Å². The van der Waals surface area contributed by atoms with Crippen molar-refractivity contribution >= 4 is 22.7 Å². The second-order valence-electron chi connectivity index (χ2n) is 13.0. The van der Waals surface area contributed by atoms with E-state index in [9.17, 15) is 26.3 Å². The Hall–Kier alpha value is -3.70. The fraction of sp³-hybridized carbons (Fsp3) is 0.515. The third-order valence-electron chi connectivity index (χ3n) is 8.73. The molecule has 2 aromatic carbocycles. The number of guanidine groups is 1. The number of halogens is 6. The topological polar surface area (TPSA) is 69.8 Å². The summed E-state index contributed by atoms with van der Waals surface area (Å²) in [4.78, 5) is 9.00. The van der Waals surface area contributed by atoms with Gasteiger partial charge in [0.25, 0.3) is 0 Å². The number of nitrogens with one attached hydrogen (secondary N) is 1. The summed E-state index contributed by atoms with van der Waals surface area (Å²) in [6, 6.07) is 9.55. The van der Waals surface area contributed by atoms with Gasteiger partial charge in [-0.25, -0.2) is 4.98 Å². The van der Waals surface area contributed by atoms with Crippen molar-refractivity contribution in [2.45, 2.75) is 70.9 Å². The number of aryl methyl sites for hydroxylation is 1. The lowest BCUT2D eigenvalue weighted by Crippen LogP contribution is -2.39. The summed E-state index contributed by atoms with van der Waals surface area (Å²) in [5.41, 5.74) is 9.17. The highest BCUT2D eigenvalue weighted by Crippen LogP contribution is 2.39. The SMILES string of the molecule is Cc1cccc2cc(CN(Cc3cc(C(F)(F)F)cc(C(F)(F)F)c3)/C(N)=N/NCC3CC3)c(N(CC3CC3)CC3CC3)nc12. The third kappa shape index (κ3) is 8.12. The Morgan fingerprint density at radius 1 is 0.867 bits per heavy atom. The van der Waals surface area contributed by atoms with Gasteiger partial charge in [-0.3, -0.25) is 0 Å². The number of fused-ring (bicyclic) bond motifs is 1. The van der Waals surface area contributed by atoms with E-state index in [-0.39, 0.29) is 30.7 Å². The van der Waals surface area contributed by atoms with Gasteiger partial charge < -0.3 is 21.0 Å². The van der Waals surface area contributed by atoms with Crippen molar-refractivity contribution < 1.29 is 26.3 Å². The smallest absolute Gasteiger partial charge is 0.368 e. The van der Waals surface area contributed by atoms with Gasteiger partial charge in [-0.2, -0.15) is 26.3 Å². The van der Waals surface area contributed by atoms with Crippen molar-refractivity contribution in [3.63, 3.8) is 0 Å². The van der Waals surface area contributed by atoms with Gasteiger partial charge in [0.2, 0.25) is 5.96 Å². The molecule has 6 nitrogen and oxygen atoms in total. The average molecular weight is 633 g/mol. The van der Waals surface area contributed by atoms with E-state index in [4.69, 9.17) is 10.7 Å². The van der Waals surface area contributed by atoms with Crippen molar-refractivity contribution in [1.82, 2.24) is 15.3 Å². The normalized spacial score (nSPS) is 17.5. The van der Waals surface area contributed by atoms with Gasteiger partial charge in [-0.15, -0.1) is 5.10 Å². The van der Waals surface area contributed by atoms with E-state index in [0.717, 1.165) is 91.6 Å². The maximum atomic E-state index is 13.7. The van der Waals surface area contributed by atoms with Crippen LogP contribution < -0.4 is 16.1 Å². The molecule has 3 fully saturated rings. The largest absolute Gasteiger partial charge is 0.416 e. The Kier molecular flexibility index (Phi) is 8.51. The molecule has 3 aliphatic rings. The summed E-state index contributed by atoms with van der Waals surface area (Å²) in [6.07, 6.45) is -3.16. The van der Waals surface area contributed by atoms with Gasteiger partial charge in [0.15, 0.2) is 0 Å². The molecular formula is C33H38F6N6. The van der Waals surface area contributed by atoms with Crippen LogP contribution in [0.5, 0.6) is 0 Å². The summed E-state index contributed by atoms with van der Waals surface area (Å²) in [6.45, 7) is 4.07. The van der Waals surface area contributed by atoms with Gasteiger partial charge in [-0.1, -0.05) is 18.2 Å². The molecule has 0 unspecified atom stereocenters. The summed E-state index contributed by atoms with van der Waals surface area (Å²) < 4.78 is 82.3. The lowest BCUT2D eigenvalue weighted by atomic mass is 10.0. The van der Waals surface area contributed by atoms with Crippen LogP contribution >= 0.6 is 0 Å². The Bertz CT molecular complexity index is 1510. The third-order valence-corrected chi connectivity index (χ3v) is 8.73. The highest BCUT2D eigenvalue weighted by molar-refractivity contribution is 5.85. The minimum Gasteiger partial charge on any atom is -0.368 e. The summed E-state index contributed by atoms with van der Waals surface area (Å²) >= 11 is 0. The monoisotopic (exact) mass is 632 g/mol. The molecule has 0 atom stereocenters. The Morgan fingerprint density at radius 2 is 1.47 bits per heavy atom. The molecule has 0 spiro atoms. The van der Waals surface area contributed by atoms with Crippen LogP contribution in [0, 0.1) is 24.7 Å². The molecule has 3 N–H and O–H groups in total. The number of hydrazone groups is 1. The second kappa shape index (κ2) is 12.2. The molecule has 242 valence electrons. The van der Waals surface area contributed by atoms with E-state index < -0.39 is 23.5 Å². The first-order chi connectivity index (χ1) is 21.3. The highest BCUT2D eigenvalue weighted by Gasteiger charge is 2.37. The van der Waals surface area contributed by atoms with Crippen LogP contribution in [0.15, 0.2) is 47.6 Å². The number of pyridine rings is 1. The van der Waals surface area contributed by atoms with E-state index >= 15 is 0 Å². The van der Waals surface area contributed by atoms with Gasteiger partial charge in [-0.05, 0) is 98.6 Å². The zero-order valence-corrected chi connectivity index (χ0v) is 25.2. The molecule has 12 heteroatoms. The van der Waals surface area contributed by atoms with Gasteiger partial charge in [0, 0.05) is 43.7 Å². The number of nitrogens with two attached hydrogens (primary N) is 1. The molecule has 3 saturated carbocycles. The number of aromatic nitrogens is 1. The fourth-order valence-corrected chi connectivity index (χ4v) is 5.65. The standard InChI is InChI=1S/C33H38F6N6/c1-20-3-2-4-25-13-26(30(42-29(20)25)44(16-22-7-8-22)17-23-9-10-23)19-45(31(40)43-41-15-21-5-6-21)18-24-11-27(32(34,35)36)14-28(12-24)33(37,38)39/h2-4,11-14,21-23,41H,5-10,15-19H2,1H3,(H2,40,43). The summed E-state index contributed by atoms with van der Waals surface area (Å²) in [5, 5.41) is 5.19.